The number of likely N-dealkylation sites (N-methyl/N-ethyl adjacent to an activating group) is 1. The molecule has 2 N–H and O–H groups in total. The minimum Gasteiger partial charge on any atom is -0.382 e. The molecule has 2 aliphatic rings. The van der Waals surface area contributed by atoms with Gasteiger partial charge in [-0.05, 0) is 51.2 Å². The molecule has 0 aromatic heterocycles. The van der Waals surface area contributed by atoms with Crippen molar-refractivity contribution < 1.29 is 0 Å². The Balaban J connectivity index is 1.63. The molecule has 110 valence electrons. The fourth-order valence-corrected chi connectivity index (χ4v) is 3.06. The van der Waals surface area contributed by atoms with Crippen molar-refractivity contribution in [1.29, 1.82) is 0 Å². The van der Waals surface area contributed by atoms with E-state index in [0.29, 0.717) is 6.04 Å². The van der Waals surface area contributed by atoms with Crippen LogP contribution in [0.1, 0.15) is 12.8 Å². The lowest BCUT2D eigenvalue weighted by atomic mass is 10.1. The average molecular weight is 274 g/mol. The predicted molar refractivity (Wildman–Crippen MR) is 85.7 cm³/mol. The van der Waals surface area contributed by atoms with Gasteiger partial charge in [-0.15, -0.1) is 0 Å². The lowest BCUT2D eigenvalue weighted by molar-refractivity contribution is 0.313. The van der Waals surface area contributed by atoms with Crippen molar-refractivity contribution in [3.05, 3.63) is 24.3 Å². The minimum atomic E-state index is 0.624. The Hall–Kier alpha value is -1.26. The number of hydrogen-bond donors (Lipinski definition) is 2. The summed E-state index contributed by atoms with van der Waals surface area (Å²) in [6.07, 6.45) is 2.44. The first-order chi connectivity index (χ1) is 9.81. The van der Waals surface area contributed by atoms with Crippen LogP contribution >= 0.6 is 0 Å². The van der Waals surface area contributed by atoms with Crippen LogP contribution in [0.3, 0.4) is 0 Å². The third-order valence-corrected chi connectivity index (χ3v) is 4.42. The maximum atomic E-state index is 3.69. The van der Waals surface area contributed by atoms with Crippen molar-refractivity contribution in [2.45, 2.75) is 18.9 Å². The number of nitrogens with zero attached hydrogens (tertiary/aromatic N) is 2. The van der Waals surface area contributed by atoms with E-state index in [9.17, 15) is 0 Å². The third-order valence-electron chi connectivity index (χ3n) is 4.42. The van der Waals surface area contributed by atoms with Crippen molar-refractivity contribution in [1.82, 2.24) is 10.2 Å². The first kappa shape index (κ1) is 13.7. The van der Waals surface area contributed by atoms with Crippen molar-refractivity contribution in [2.24, 2.45) is 0 Å². The summed E-state index contributed by atoms with van der Waals surface area (Å²) >= 11 is 0. The lowest BCUT2D eigenvalue weighted by Gasteiger charge is -2.34. The second-order valence-corrected chi connectivity index (χ2v) is 6.01. The molecule has 1 aromatic carbocycles. The SMILES string of the molecule is CN1CCN(c2cccc(NC3CCNCC3)c2)CC1. The Morgan fingerprint density at radius 3 is 2.60 bits per heavy atom. The van der Waals surface area contributed by atoms with Crippen molar-refractivity contribution >= 4 is 11.4 Å². The first-order valence-electron chi connectivity index (χ1n) is 7.82. The molecule has 2 saturated heterocycles. The van der Waals surface area contributed by atoms with E-state index in [-0.39, 0.29) is 0 Å². The molecular formula is C16H26N4. The first-order valence-corrected chi connectivity index (χ1v) is 7.82. The second kappa shape index (κ2) is 6.46. The standard InChI is InChI=1S/C16H26N4/c1-19-9-11-20(12-10-19)16-4-2-3-15(13-16)18-14-5-7-17-8-6-14/h2-4,13-14,17-18H,5-12H2,1H3. The van der Waals surface area contributed by atoms with Gasteiger partial charge in [0.2, 0.25) is 0 Å². The average Bonchev–Trinajstić information content (AvgIpc) is 2.49. The molecule has 0 unspecified atom stereocenters. The van der Waals surface area contributed by atoms with Crippen LogP contribution in [0.25, 0.3) is 0 Å². The van der Waals surface area contributed by atoms with Gasteiger partial charge in [0.05, 0.1) is 0 Å². The van der Waals surface area contributed by atoms with Gasteiger partial charge in [-0.1, -0.05) is 6.07 Å². The monoisotopic (exact) mass is 274 g/mol. The van der Waals surface area contributed by atoms with E-state index >= 15 is 0 Å². The minimum absolute atomic E-state index is 0.624. The maximum Gasteiger partial charge on any atom is 0.0387 e. The molecule has 1 aromatic rings. The van der Waals surface area contributed by atoms with E-state index < -0.39 is 0 Å². The number of anilines is 2. The van der Waals surface area contributed by atoms with E-state index in [0.717, 1.165) is 39.3 Å². The predicted octanol–water partition coefficient (Wildman–Crippen LogP) is 1.60. The molecule has 4 nitrogen and oxygen atoms in total. The summed E-state index contributed by atoms with van der Waals surface area (Å²) in [5.74, 6) is 0. The Morgan fingerprint density at radius 1 is 1.10 bits per heavy atom. The topological polar surface area (TPSA) is 30.5 Å². The number of piperazine rings is 1. The number of benzene rings is 1. The molecule has 2 fully saturated rings. The maximum absolute atomic E-state index is 3.69. The Kier molecular flexibility index (Phi) is 4.43. The Bertz CT molecular complexity index is 420. The highest BCUT2D eigenvalue weighted by Crippen LogP contribution is 2.22. The molecule has 0 radical (unpaired) electrons. The molecule has 20 heavy (non-hydrogen) atoms. The molecule has 0 bridgehead atoms. The smallest absolute Gasteiger partial charge is 0.0387 e. The van der Waals surface area contributed by atoms with Crippen LogP contribution in [-0.4, -0.2) is 57.3 Å². The number of nitrogens with one attached hydrogen (secondary N) is 2. The van der Waals surface area contributed by atoms with E-state index in [1.165, 1.54) is 24.2 Å². The van der Waals surface area contributed by atoms with Gasteiger partial charge in [0, 0.05) is 43.6 Å². The summed E-state index contributed by atoms with van der Waals surface area (Å²) in [6.45, 7) is 6.85. The summed E-state index contributed by atoms with van der Waals surface area (Å²) in [5.41, 5.74) is 2.63. The quantitative estimate of drug-likeness (QED) is 0.876. The fraction of sp³-hybridized carbons (Fsp3) is 0.625. The summed E-state index contributed by atoms with van der Waals surface area (Å²) < 4.78 is 0. The molecule has 2 aliphatic heterocycles. The normalized spacial score (nSPS) is 21.9. The highest BCUT2D eigenvalue weighted by molar-refractivity contribution is 5.58. The van der Waals surface area contributed by atoms with E-state index in [4.69, 9.17) is 0 Å². The van der Waals surface area contributed by atoms with Crippen molar-refractivity contribution in [3.8, 4) is 0 Å². The van der Waals surface area contributed by atoms with Gasteiger partial charge in [0.25, 0.3) is 0 Å². The van der Waals surface area contributed by atoms with Crippen LogP contribution in [0.4, 0.5) is 11.4 Å². The molecule has 4 heteroatoms. The third kappa shape index (κ3) is 3.44. The van der Waals surface area contributed by atoms with Crippen LogP contribution in [0.5, 0.6) is 0 Å². The van der Waals surface area contributed by atoms with Crippen LogP contribution in [-0.2, 0) is 0 Å². The van der Waals surface area contributed by atoms with Crippen LogP contribution in [0, 0.1) is 0 Å². The summed E-state index contributed by atoms with van der Waals surface area (Å²) in [5, 5.41) is 7.11. The molecule has 0 spiro atoms. The van der Waals surface area contributed by atoms with Gasteiger partial charge in [-0.3, -0.25) is 0 Å². The molecule has 0 amide bonds. The van der Waals surface area contributed by atoms with Gasteiger partial charge in [-0.2, -0.15) is 0 Å². The molecule has 2 heterocycles. The zero-order valence-corrected chi connectivity index (χ0v) is 12.4. The molecule has 3 rings (SSSR count). The summed E-state index contributed by atoms with van der Waals surface area (Å²) in [6, 6.07) is 9.55. The van der Waals surface area contributed by atoms with Crippen molar-refractivity contribution in [2.75, 3.05) is 56.5 Å². The number of piperidine rings is 1. The lowest BCUT2D eigenvalue weighted by Crippen LogP contribution is -2.44. The molecule has 0 saturated carbocycles. The highest BCUT2D eigenvalue weighted by Gasteiger charge is 2.16. The largest absolute Gasteiger partial charge is 0.382 e. The zero-order valence-electron chi connectivity index (χ0n) is 12.4. The van der Waals surface area contributed by atoms with Gasteiger partial charge in [-0.25, -0.2) is 0 Å². The van der Waals surface area contributed by atoms with Gasteiger partial charge in [0.1, 0.15) is 0 Å². The summed E-state index contributed by atoms with van der Waals surface area (Å²) in [7, 11) is 2.20. The van der Waals surface area contributed by atoms with Gasteiger partial charge in [0.15, 0.2) is 0 Å². The molecule has 0 atom stereocenters. The van der Waals surface area contributed by atoms with Crippen LogP contribution in [0.2, 0.25) is 0 Å². The molecular weight excluding hydrogens is 248 g/mol. The van der Waals surface area contributed by atoms with Gasteiger partial charge < -0.3 is 20.4 Å². The summed E-state index contributed by atoms with van der Waals surface area (Å²) in [4.78, 5) is 4.89. The van der Waals surface area contributed by atoms with Crippen LogP contribution < -0.4 is 15.5 Å². The Labute approximate surface area is 122 Å². The van der Waals surface area contributed by atoms with E-state index in [1.807, 2.05) is 0 Å². The fourth-order valence-electron chi connectivity index (χ4n) is 3.06. The Morgan fingerprint density at radius 2 is 1.85 bits per heavy atom. The second-order valence-electron chi connectivity index (χ2n) is 6.01. The van der Waals surface area contributed by atoms with Crippen molar-refractivity contribution in [3.63, 3.8) is 0 Å². The van der Waals surface area contributed by atoms with E-state index in [1.54, 1.807) is 0 Å². The van der Waals surface area contributed by atoms with E-state index in [2.05, 4.69) is 51.7 Å². The highest BCUT2D eigenvalue weighted by atomic mass is 15.2. The number of rotatable bonds is 3. The zero-order chi connectivity index (χ0) is 13.8. The van der Waals surface area contributed by atoms with Gasteiger partial charge >= 0.3 is 0 Å². The van der Waals surface area contributed by atoms with Crippen LogP contribution in [0.15, 0.2) is 24.3 Å². The molecule has 0 aliphatic carbocycles. The number of hydrogen-bond acceptors (Lipinski definition) is 4.